The third-order valence-electron chi connectivity index (χ3n) is 3.76. The van der Waals surface area contributed by atoms with Crippen LogP contribution < -0.4 is 15.4 Å². The average Bonchev–Trinajstić information content (AvgIpc) is 2.70. The minimum absolute atomic E-state index is 0.135. The fraction of sp³-hybridized carbons (Fsp3) is 0.190. The first-order valence-corrected chi connectivity index (χ1v) is 9.73. The maximum atomic E-state index is 12.7. The van der Waals surface area contributed by atoms with Crippen molar-refractivity contribution in [3.8, 4) is 5.75 Å². The molecule has 7 nitrogen and oxygen atoms in total. The van der Waals surface area contributed by atoms with Crippen molar-refractivity contribution in [3.05, 3.63) is 60.7 Å². The summed E-state index contributed by atoms with van der Waals surface area (Å²) in [5.74, 6) is -1.22. The number of thioether (sulfide) groups is 1. The Bertz CT molecular complexity index is 913. The molecule has 0 aliphatic heterocycles. The van der Waals surface area contributed by atoms with Crippen LogP contribution in [0, 0.1) is 0 Å². The average molecular weight is 414 g/mol. The van der Waals surface area contributed by atoms with Crippen molar-refractivity contribution in [1.82, 2.24) is 0 Å². The lowest BCUT2D eigenvalue weighted by Crippen LogP contribution is -2.24. The van der Waals surface area contributed by atoms with E-state index in [-0.39, 0.29) is 11.2 Å². The number of carboxylic acids is 1. The number of anilines is 2. The topological polar surface area (TPSA) is 105 Å². The van der Waals surface area contributed by atoms with E-state index < -0.39 is 11.9 Å². The molecule has 0 saturated carbocycles. The van der Waals surface area contributed by atoms with E-state index >= 15 is 0 Å². The van der Waals surface area contributed by atoms with Gasteiger partial charge in [0.1, 0.15) is 5.75 Å². The molecule has 8 heteroatoms. The summed E-state index contributed by atoms with van der Waals surface area (Å²) in [7, 11) is 1.56. The summed E-state index contributed by atoms with van der Waals surface area (Å²) in [4.78, 5) is 35.7. The van der Waals surface area contributed by atoms with Crippen LogP contribution in [0.3, 0.4) is 0 Å². The number of aliphatic carboxylic acids is 1. The molecule has 2 aromatic rings. The van der Waals surface area contributed by atoms with Crippen molar-refractivity contribution >= 4 is 40.9 Å². The predicted octanol–water partition coefficient (Wildman–Crippen LogP) is 3.78. The highest BCUT2D eigenvalue weighted by Crippen LogP contribution is 2.29. The van der Waals surface area contributed by atoms with Gasteiger partial charge in [0.2, 0.25) is 11.8 Å². The summed E-state index contributed by atoms with van der Waals surface area (Å²) in [5, 5.41) is 13.7. The van der Waals surface area contributed by atoms with Crippen molar-refractivity contribution < 1.29 is 24.2 Å². The zero-order chi connectivity index (χ0) is 21.2. The van der Waals surface area contributed by atoms with Crippen LogP contribution in [0.1, 0.15) is 13.3 Å². The molecule has 0 saturated heterocycles. The monoisotopic (exact) mass is 414 g/mol. The molecule has 152 valence electrons. The van der Waals surface area contributed by atoms with Gasteiger partial charge in [0.15, 0.2) is 0 Å². The molecule has 0 aromatic heterocycles. The minimum atomic E-state index is -1.20. The third kappa shape index (κ3) is 7.34. The van der Waals surface area contributed by atoms with Gasteiger partial charge in [-0.3, -0.25) is 9.59 Å². The zero-order valence-electron chi connectivity index (χ0n) is 16.0. The molecule has 1 atom stereocenters. The number of carbonyl (C=O) groups is 3. The number of methoxy groups -OCH3 is 1. The van der Waals surface area contributed by atoms with Crippen LogP contribution in [0.4, 0.5) is 11.4 Å². The fourth-order valence-electron chi connectivity index (χ4n) is 2.39. The van der Waals surface area contributed by atoms with Crippen LogP contribution in [0.5, 0.6) is 5.75 Å². The summed E-state index contributed by atoms with van der Waals surface area (Å²) >= 11 is 1.38. The largest absolute Gasteiger partial charge is 0.497 e. The molecule has 2 rings (SSSR count). The minimum Gasteiger partial charge on any atom is -0.497 e. The van der Waals surface area contributed by atoms with Crippen molar-refractivity contribution in [1.29, 1.82) is 0 Å². The van der Waals surface area contributed by atoms with Gasteiger partial charge in [-0.15, -0.1) is 11.8 Å². The molecular formula is C21H22N2O5S. The molecule has 0 bridgehead atoms. The Morgan fingerprint density at radius 2 is 1.76 bits per heavy atom. The molecule has 3 N–H and O–H groups in total. The van der Waals surface area contributed by atoms with E-state index in [0.29, 0.717) is 23.5 Å². The number of carboxylic acid groups (broad SMARTS) is 1. The maximum absolute atomic E-state index is 12.7. The highest BCUT2D eigenvalue weighted by molar-refractivity contribution is 8.00. The van der Waals surface area contributed by atoms with Gasteiger partial charge in [-0.1, -0.05) is 19.1 Å². The van der Waals surface area contributed by atoms with Gasteiger partial charge >= 0.3 is 5.97 Å². The second-order valence-electron chi connectivity index (χ2n) is 5.92. The molecule has 2 aromatic carbocycles. The highest BCUT2D eigenvalue weighted by Gasteiger charge is 2.18. The summed E-state index contributed by atoms with van der Waals surface area (Å²) in [6.07, 6.45) is 2.32. The SMILES string of the molecule is CCC(Sc1cccc(NC(=O)/C=C/C(=O)O)c1)C(=O)Nc1cccc(OC)c1. The van der Waals surface area contributed by atoms with Gasteiger partial charge in [0, 0.05) is 34.5 Å². The fourth-order valence-corrected chi connectivity index (χ4v) is 3.40. The second-order valence-corrected chi connectivity index (χ2v) is 7.20. The van der Waals surface area contributed by atoms with E-state index in [1.807, 2.05) is 13.0 Å². The van der Waals surface area contributed by atoms with Crippen LogP contribution in [0.25, 0.3) is 0 Å². The van der Waals surface area contributed by atoms with Crippen LogP contribution in [-0.4, -0.2) is 35.2 Å². The summed E-state index contributed by atoms with van der Waals surface area (Å²) in [6.45, 7) is 1.92. The summed E-state index contributed by atoms with van der Waals surface area (Å²) in [5.41, 5.74) is 1.16. The smallest absolute Gasteiger partial charge is 0.328 e. The van der Waals surface area contributed by atoms with Gasteiger partial charge < -0.3 is 20.5 Å². The molecule has 2 amide bonds. The first-order chi connectivity index (χ1) is 13.9. The molecule has 0 fully saturated rings. The predicted molar refractivity (Wildman–Crippen MR) is 113 cm³/mol. The van der Waals surface area contributed by atoms with E-state index in [9.17, 15) is 14.4 Å². The molecule has 0 heterocycles. The summed E-state index contributed by atoms with van der Waals surface area (Å²) in [6, 6.07) is 14.2. The van der Waals surface area contributed by atoms with Crippen molar-refractivity contribution in [2.24, 2.45) is 0 Å². The van der Waals surface area contributed by atoms with E-state index in [2.05, 4.69) is 10.6 Å². The number of carbonyl (C=O) groups excluding carboxylic acids is 2. The van der Waals surface area contributed by atoms with E-state index in [4.69, 9.17) is 9.84 Å². The van der Waals surface area contributed by atoms with Gasteiger partial charge in [-0.25, -0.2) is 4.79 Å². The number of ether oxygens (including phenoxy) is 1. The molecule has 1 unspecified atom stereocenters. The van der Waals surface area contributed by atoms with Crippen LogP contribution in [0.2, 0.25) is 0 Å². The highest BCUT2D eigenvalue weighted by atomic mass is 32.2. The molecule has 0 aliphatic rings. The Kier molecular flexibility index (Phi) is 8.29. The molecule has 0 radical (unpaired) electrons. The quantitative estimate of drug-likeness (QED) is 0.426. The molecule has 29 heavy (non-hydrogen) atoms. The normalized spacial score (nSPS) is 11.7. The first kappa shape index (κ1) is 22.0. The van der Waals surface area contributed by atoms with Gasteiger partial charge in [-0.05, 0) is 36.8 Å². The van der Waals surface area contributed by atoms with E-state index in [1.54, 1.807) is 49.6 Å². The van der Waals surface area contributed by atoms with Gasteiger partial charge in [-0.2, -0.15) is 0 Å². The van der Waals surface area contributed by atoms with Gasteiger partial charge in [0.05, 0.1) is 12.4 Å². The lowest BCUT2D eigenvalue weighted by atomic mass is 10.2. The lowest BCUT2D eigenvalue weighted by molar-refractivity contribution is -0.131. The van der Waals surface area contributed by atoms with Crippen molar-refractivity contribution in [2.45, 2.75) is 23.5 Å². The van der Waals surface area contributed by atoms with E-state index in [0.717, 1.165) is 17.0 Å². The van der Waals surface area contributed by atoms with Crippen LogP contribution in [-0.2, 0) is 14.4 Å². The first-order valence-electron chi connectivity index (χ1n) is 8.85. The number of hydrogen-bond donors (Lipinski definition) is 3. The second kappa shape index (κ2) is 10.9. The Labute approximate surface area is 173 Å². The summed E-state index contributed by atoms with van der Waals surface area (Å²) < 4.78 is 5.17. The number of hydrogen-bond acceptors (Lipinski definition) is 5. The van der Waals surface area contributed by atoms with Gasteiger partial charge in [0.25, 0.3) is 0 Å². The van der Waals surface area contributed by atoms with E-state index in [1.165, 1.54) is 11.8 Å². The number of rotatable bonds is 9. The Balaban J connectivity index is 2.03. The molecular weight excluding hydrogens is 392 g/mol. The number of nitrogens with one attached hydrogen (secondary N) is 2. The van der Waals surface area contributed by atoms with Crippen molar-refractivity contribution in [2.75, 3.05) is 17.7 Å². The zero-order valence-corrected chi connectivity index (χ0v) is 16.9. The Morgan fingerprint density at radius 1 is 1.07 bits per heavy atom. The third-order valence-corrected chi connectivity index (χ3v) is 5.12. The van der Waals surface area contributed by atoms with Crippen molar-refractivity contribution in [3.63, 3.8) is 0 Å². The maximum Gasteiger partial charge on any atom is 0.328 e. The Hall–Kier alpha value is -3.26. The molecule has 0 aliphatic carbocycles. The number of benzene rings is 2. The number of amides is 2. The standard InChI is InChI=1S/C21H22N2O5S/c1-3-18(21(27)23-14-6-4-8-16(12-14)28-2)29-17-9-5-7-15(13-17)22-19(24)10-11-20(25)26/h4-13,18H,3H2,1-2H3,(H,22,24)(H,23,27)(H,25,26)/b11-10+. The lowest BCUT2D eigenvalue weighted by Gasteiger charge is -2.15. The Morgan fingerprint density at radius 3 is 2.41 bits per heavy atom. The molecule has 0 spiro atoms. The van der Waals surface area contributed by atoms with Crippen LogP contribution >= 0.6 is 11.8 Å². The van der Waals surface area contributed by atoms with Crippen LogP contribution in [0.15, 0.2) is 65.6 Å².